The molecular formula is C10H14N2O2S. The number of carboxylic acid groups (broad SMARTS) is 1. The first-order chi connectivity index (χ1) is 7.00. The van der Waals surface area contributed by atoms with E-state index in [9.17, 15) is 4.79 Å². The summed E-state index contributed by atoms with van der Waals surface area (Å²) in [5.41, 5.74) is 12.8. The first-order valence-electron chi connectivity index (χ1n) is 4.48. The molecule has 0 bridgehead atoms. The number of hydrogen-bond donors (Lipinski definition) is 3. The molecule has 0 saturated heterocycles. The molecular weight excluding hydrogens is 212 g/mol. The van der Waals surface area contributed by atoms with E-state index in [4.69, 9.17) is 16.6 Å². The molecule has 0 amide bonds. The summed E-state index contributed by atoms with van der Waals surface area (Å²) in [4.78, 5) is 11.5. The molecule has 0 aliphatic heterocycles. The van der Waals surface area contributed by atoms with Crippen LogP contribution in [-0.4, -0.2) is 22.9 Å². The lowest BCUT2D eigenvalue weighted by molar-refractivity contribution is -0.137. The van der Waals surface area contributed by atoms with E-state index in [-0.39, 0.29) is 0 Å². The number of carboxylic acids is 1. The summed E-state index contributed by atoms with van der Waals surface area (Å²) in [5, 5.41) is 8.62. The number of aryl methyl sites for hydroxylation is 1. The van der Waals surface area contributed by atoms with Crippen molar-refractivity contribution >= 4 is 23.4 Å². The fraction of sp³-hybridized carbons (Fsp3) is 0.300. The van der Waals surface area contributed by atoms with Gasteiger partial charge in [-0.1, -0.05) is 0 Å². The zero-order valence-electron chi connectivity index (χ0n) is 8.43. The standard InChI is InChI=1S/C10H14N2O2S/c1-6-4-7(11)2-3-9(6)15-5-8(12)10(13)14/h2-4,8H,5,11-12H2,1H3,(H,13,14). The lowest BCUT2D eigenvalue weighted by atomic mass is 10.2. The summed E-state index contributed by atoms with van der Waals surface area (Å²) in [6, 6.07) is 4.70. The fourth-order valence-corrected chi connectivity index (χ4v) is 2.04. The lowest BCUT2D eigenvalue weighted by Gasteiger charge is -2.08. The van der Waals surface area contributed by atoms with Crippen LogP contribution in [0, 0.1) is 6.92 Å². The maximum absolute atomic E-state index is 10.5. The molecule has 82 valence electrons. The number of nitrogen functional groups attached to an aromatic ring is 1. The molecule has 0 heterocycles. The topological polar surface area (TPSA) is 89.3 Å². The molecule has 1 aromatic carbocycles. The van der Waals surface area contributed by atoms with Crippen LogP contribution in [-0.2, 0) is 4.79 Å². The van der Waals surface area contributed by atoms with Crippen LogP contribution in [0.4, 0.5) is 5.69 Å². The van der Waals surface area contributed by atoms with Crippen LogP contribution in [0.15, 0.2) is 23.1 Å². The van der Waals surface area contributed by atoms with Gasteiger partial charge < -0.3 is 16.6 Å². The molecule has 0 spiro atoms. The van der Waals surface area contributed by atoms with Gasteiger partial charge in [-0.25, -0.2) is 0 Å². The second-order valence-corrected chi connectivity index (χ2v) is 4.34. The predicted octanol–water partition coefficient (Wildman–Crippen LogP) is 1.08. The predicted molar refractivity (Wildman–Crippen MR) is 61.9 cm³/mol. The monoisotopic (exact) mass is 226 g/mol. The number of hydrogen-bond acceptors (Lipinski definition) is 4. The van der Waals surface area contributed by atoms with Crippen LogP contribution >= 0.6 is 11.8 Å². The van der Waals surface area contributed by atoms with Crippen LogP contribution in [0.3, 0.4) is 0 Å². The SMILES string of the molecule is Cc1cc(N)ccc1SCC(N)C(=O)O. The van der Waals surface area contributed by atoms with Gasteiger partial charge in [0.2, 0.25) is 0 Å². The summed E-state index contributed by atoms with van der Waals surface area (Å²) in [6.45, 7) is 1.94. The molecule has 0 radical (unpaired) electrons. The highest BCUT2D eigenvalue weighted by Crippen LogP contribution is 2.24. The Hall–Kier alpha value is -1.20. The van der Waals surface area contributed by atoms with Gasteiger partial charge in [-0.2, -0.15) is 0 Å². The summed E-state index contributed by atoms with van der Waals surface area (Å²) in [5.74, 6) is -0.615. The van der Waals surface area contributed by atoms with Gasteiger partial charge >= 0.3 is 5.97 Å². The van der Waals surface area contributed by atoms with Crippen molar-refractivity contribution in [2.45, 2.75) is 17.9 Å². The van der Waals surface area contributed by atoms with Crippen LogP contribution in [0.25, 0.3) is 0 Å². The Bertz CT molecular complexity index is 368. The smallest absolute Gasteiger partial charge is 0.321 e. The molecule has 0 aliphatic carbocycles. The summed E-state index contributed by atoms with van der Waals surface area (Å²) < 4.78 is 0. The third kappa shape index (κ3) is 3.45. The van der Waals surface area contributed by atoms with Gasteiger partial charge in [-0.3, -0.25) is 4.79 Å². The van der Waals surface area contributed by atoms with E-state index in [0.717, 1.165) is 10.5 Å². The van der Waals surface area contributed by atoms with E-state index >= 15 is 0 Å². The molecule has 1 rings (SSSR count). The third-order valence-electron chi connectivity index (χ3n) is 1.93. The van der Waals surface area contributed by atoms with Crippen molar-refractivity contribution in [2.24, 2.45) is 5.73 Å². The van der Waals surface area contributed by atoms with Crippen LogP contribution < -0.4 is 11.5 Å². The first kappa shape index (κ1) is 11.9. The van der Waals surface area contributed by atoms with Gasteiger partial charge in [0.15, 0.2) is 0 Å². The van der Waals surface area contributed by atoms with Gasteiger partial charge in [0, 0.05) is 16.3 Å². The average Bonchev–Trinajstić information content (AvgIpc) is 2.15. The van der Waals surface area contributed by atoms with Gasteiger partial charge in [0.05, 0.1) is 0 Å². The zero-order chi connectivity index (χ0) is 11.4. The lowest BCUT2D eigenvalue weighted by Crippen LogP contribution is -2.32. The second kappa shape index (κ2) is 5.04. The number of aliphatic carboxylic acids is 1. The minimum atomic E-state index is -0.976. The summed E-state index contributed by atoms with van der Waals surface area (Å²) in [6.07, 6.45) is 0. The number of rotatable bonds is 4. The highest BCUT2D eigenvalue weighted by atomic mass is 32.2. The molecule has 1 atom stereocenters. The Kier molecular flexibility index (Phi) is 3.99. The molecule has 5 N–H and O–H groups in total. The zero-order valence-corrected chi connectivity index (χ0v) is 9.25. The Morgan fingerprint density at radius 1 is 1.60 bits per heavy atom. The maximum atomic E-state index is 10.5. The van der Waals surface area contributed by atoms with Gasteiger partial charge in [-0.15, -0.1) is 11.8 Å². The number of anilines is 1. The highest BCUT2D eigenvalue weighted by Gasteiger charge is 2.12. The molecule has 4 nitrogen and oxygen atoms in total. The van der Waals surface area contributed by atoms with E-state index in [1.54, 1.807) is 6.07 Å². The van der Waals surface area contributed by atoms with Crippen molar-refractivity contribution in [3.05, 3.63) is 23.8 Å². The van der Waals surface area contributed by atoms with Crippen molar-refractivity contribution in [3.8, 4) is 0 Å². The molecule has 1 aromatic rings. The largest absolute Gasteiger partial charge is 0.480 e. The number of carbonyl (C=O) groups is 1. The highest BCUT2D eigenvalue weighted by molar-refractivity contribution is 7.99. The minimum Gasteiger partial charge on any atom is -0.480 e. The molecule has 0 saturated carbocycles. The molecule has 5 heteroatoms. The normalized spacial score (nSPS) is 12.4. The van der Waals surface area contributed by atoms with E-state index in [1.165, 1.54) is 11.8 Å². The van der Waals surface area contributed by atoms with E-state index in [2.05, 4.69) is 0 Å². The van der Waals surface area contributed by atoms with Gasteiger partial charge in [0.25, 0.3) is 0 Å². The summed E-state index contributed by atoms with van der Waals surface area (Å²) in [7, 11) is 0. The van der Waals surface area contributed by atoms with E-state index in [1.807, 2.05) is 19.1 Å². The van der Waals surface area contributed by atoms with Crippen molar-refractivity contribution in [3.63, 3.8) is 0 Å². The van der Waals surface area contributed by atoms with Gasteiger partial charge in [-0.05, 0) is 30.7 Å². The molecule has 0 aromatic heterocycles. The Labute approximate surface area is 92.6 Å². The number of benzene rings is 1. The van der Waals surface area contributed by atoms with Crippen molar-refractivity contribution in [2.75, 3.05) is 11.5 Å². The fourth-order valence-electron chi connectivity index (χ4n) is 1.09. The maximum Gasteiger partial charge on any atom is 0.321 e. The Balaban J connectivity index is 2.62. The minimum absolute atomic E-state index is 0.361. The quantitative estimate of drug-likeness (QED) is 0.528. The van der Waals surface area contributed by atoms with Crippen LogP contribution in [0.5, 0.6) is 0 Å². The Morgan fingerprint density at radius 3 is 2.80 bits per heavy atom. The second-order valence-electron chi connectivity index (χ2n) is 3.28. The van der Waals surface area contributed by atoms with Crippen molar-refractivity contribution in [1.29, 1.82) is 0 Å². The van der Waals surface area contributed by atoms with E-state index in [0.29, 0.717) is 11.4 Å². The molecule has 1 unspecified atom stereocenters. The summed E-state index contributed by atoms with van der Waals surface area (Å²) >= 11 is 1.43. The Morgan fingerprint density at radius 2 is 2.27 bits per heavy atom. The molecule has 0 aliphatic rings. The first-order valence-corrected chi connectivity index (χ1v) is 5.46. The average molecular weight is 226 g/mol. The third-order valence-corrected chi connectivity index (χ3v) is 3.23. The van der Waals surface area contributed by atoms with E-state index < -0.39 is 12.0 Å². The van der Waals surface area contributed by atoms with Crippen LogP contribution in [0.1, 0.15) is 5.56 Å². The van der Waals surface area contributed by atoms with Crippen molar-refractivity contribution in [1.82, 2.24) is 0 Å². The molecule has 0 fully saturated rings. The number of thioether (sulfide) groups is 1. The van der Waals surface area contributed by atoms with Crippen molar-refractivity contribution < 1.29 is 9.90 Å². The number of nitrogens with two attached hydrogens (primary N) is 2. The molecule has 15 heavy (non-hydrogen) atoms. The van der Waals surface area contributed by atoms with Gasteiger partial charge in [0.1, 0.15) is 6.04 Å². The van der Waals surface area contributed by atoms with Crippen LogP contribution in [0.2, 0.25) is 0 Å².